The molecule has 0 amide bonds. The molecule has 1 unspecified atom stereocenters. The minimum absolute atomic E-state index is 0.699. The Kier molecular flexibility index (Phi) is 3.31. The second kappa shape index (κ2) is 6.55. The lowest BCUT2D eigenvalue weighted by Gasteiger charge is -2.31. The maximum absolute atomic E-state index is 6.49. The van der Waals surface area contributed by atoms with Crippen LogP contribution in [0.25, 0.3) is 38.8 Å². The Morgan fingerprint density at radius 2 is 1.44 bits per heavy atom. The van der Waals surface area contributed by atoms with Crippen molar-refractivity contribution in [2.75, 3.05) is 0 Å². The monoisotopic (exact) mass is 505 g/mol. The number of hydrogen-bond donors (Lipinski definition) is 0. The van der Waals surface area contributed by atoms with Gasteiger partial charge in [0.2, 0.25) is 6.20 Å². The van der Waals surface area contributed by atoms with Gasteiger partial charge in [-0.05, 0) is 58.8 Å². The summed E-state index contributed by atoms with van der Waals surface area (Å²) in [5.74, 6) is 3.23. The Bertz CT molecular complexity index is 2190. The van der Waals surface area contributed by atoms with Crippen molar-refractivity contribution in [3.63, 3.8) is 0 Å². The van der Waals surface area contributed by atoms with Crippen molar-refractivity contribution in [3.05, 3.63) is 127 Å². The molecule has 6 heteroatoms. The first-order valence-corrected chi connectivity index (χ1v) is 13.0. The standard InChI is InChI=1S/C33H19N3O3/c1-2-9-25-22(7-1)23-17-20(14-15-26(23)37-25)21-18-35-24-8-5-10-27-31(24)33(36(35)19-21)32-28(38-27)11-6-12-29(32)39-30-13-3-4-16-34(30)33/h1-19H/q+2. The Morgan fingerprint density at radius 3 is 2.38 bits per heavy atom. The van der Waals surface area contributed by atoms with Crippen molar-refractivity contribution in [2.45, 2.75) is 5.66 Å². The topological polar surface area (TPSA) is 44.3 Å². The number of fused-ring (bicyclic) bond motifs is 6. The molecule has 7 aromatic rings. The summed E-state index contributed by atoms with van der Waals surface area (Å²) in [5.41, 5.74) is 6.52. The highest BCUT2D eigenvalue weighted by Gasteiger charge is 2.71. The molecule has 3 aliphatic heterocycles. The highest BCUT2D eigenvalue weighted by Crippen LogP contribution is 2.55. The van der Waals surface area contributed by atoms with Gasteiger partial charge in [0.05, 0.1) is 17.8 Å². The number of pyridine rings is 1. The Labute approximate surface area is 222 Å². The summed E-state index contributed by atoms with van der Waals surface area (Å²) in [6.07, 6.45) is 6.56. The lowest BCUT2D eigenvalue weighted by Crippen LogP contribution is -2.75. The molecule has 0 radical (unpaired) electrons. The van der Waals surface area contributed by atoms with E-state index in [1.165, 1.54) is 0 Å². The fraction of sp³-hybridized carbons (Fsp3) is 0.0303. The van der Waals surface area contributed by atoms with Crippen LogP contribution in [0.5, 0.6) is 23.1 Å². The van der Waals surface area contributed by atoms with E-state index in [2.05, 4.69) is 87.1 Å². The van der Waals surface area contributed by atoms with Crippen LogP contribution in [0.1, 0.15) is 11.1 Å². The zero-order valence-corrected chi connectivity index (χ0v) is 20.5. The van der Waals surface area contributed by atoms with E-state index in [9.17, 15) is 0 Å². The van der Waals surface area contributed by atoms with Gasteiger partial charge in [0, 0.05) is 16.8 Å². The lowest BCUT2D eigenvalue weighted by atomic mass is 9.85. The first-order chi connectivity index (χ1) is 19.3. The molecule has 10 rings (SSSR count). The number of benzene rings is 4. The van der Waals surface area contributed by atoms with E-state index in [4.69, 9.17) is 13.9 Å². The van der Waals surface area contributed by atoms with Crippen LogP contribution >= 0.6 is 0 Å². The zero-order chi connectivity index (χ0) is 25.3. The normalized spacial score (nSPS) is 17.2. The molecule has 0 N–H and O–H groups in total. The molecule has 4 aromatic carbocycles. The predicted octanol–water partition coefficient (Wildman–Crippen LogP) is 6.44. The van der Waals surface area contributed by atoms with Gasteiger partial charge in [-0.1, -0.05) is 41.0 Å². The van der Waals surface area contributed by atoms with Gasteiger partial charge in [-0.3, -0.25) is 0 Å². The molecule has 3 aliphatic rings. The van der Waals surface area contributed by atoms with Gasteiger partial charge in [0.15, 0.2) is 23.1 Å². The Balaban J connectivity index is 1.30. The Hall–Kier alpha value is -5.36. The number of furan rings is 1. The van der Waals surface area contributed by atoms with Crippen LogP contribution in [0.3, 0.4) is 0 Å². The van der Waals surface area contributed by atoms with Gasteiger partial charge in [-0.2, -0.15) is 0 Å². The van der Waals surface area contributed by atoms with Crippen molar-refractivity contribution in [1.82, 2.24) is 4.68 Å². The first kappa shape index (κ1) is 19.7. The summed E-state index contributed by atoms with van der Waals surface area (Å²) in [4.78, 5) is 0. The second-order valence-corrected chi connectivity index (χ2v) is 10.3. The number of aromatic nitrogens is 3. The van der Waals surface area contributed by atoms with Crippen LogP contribution in [0, 0.1) is 0 Å². The minimum Gasteiger partial charge on any atom is -0.456 e. The van der Waals surface area contributed by atoms with Gasteiger partial charge in [0.1, 0.15) is 28.4 Å². The number of nitrogens with zero attached hydrogens (tertiary/aromatic N) is 3. The predicted molar refractivity (Wildman–Crippen MR) is 143 cm³/mol. The van der Waals surface area contributed by atoms with E-state index in [1.807, 2.05) is 42.5 Å². The first-order valence-electron chi connectivity index (χ1n) is 13.0. The van der Waals surface area contributed by atoms with Crippen LogP contribution in [0.4, 0.5) is 0 Å². The van der Waals surface area contributed by atoms with E-state index < -0.39 is 5.66 Å². The van der Waals surface area contributed by atoms with Gasteiger partial charge in [-0.25, -0.2) is 0 Å². The van der Waals surface area contributed by atoms with E-state index in [-0.39, 0.29) is 0 Å². The minimum atomic E-state index is -0.699. The van der Waals surface area contributed by atoms with Crippen molar-refractivity contribution >= 4 is 21.9 Å². The zero-order valence-electron chi connectivity index (χ0n) is 20.5. The van der Waals surface area contributed by atoms with E-state index >= 15 is 0 Å². The molecule has 39 heavy (non-hydrogen) atoms. The van der Waals surface area contributed by atoms with Crippen molar-refractivity contribution < 1.29 is 23.1 Å². The third kappa shape index (κ3) is 2.21. The van der Waals surface area contributed by atoms with Gasteiger partial charge in [-0.15, -0.1) is 4.68 Å². The fourth-order valence-electron chi connectivity index (χ4n) is 6.80. The summed E-state index contributed by atoms with van der Waals surface area (Å²) < 4.78 is 25.8. The number of para-hydroxylation sites is 1. The SMILES string of the molecule is c1cc2c3c(c1)Oc1cccc[n+]1C31c3c(cccc3-n3cc(-c4ccc5oc6ccccc6c5c4)c[n+]31)O2. The van der Waals surface area contributed by atoms with E-state index in [0.717, 1.165) is 73.0 Å². The van der Waals surface area contributed by atoms with Crippen LogP contribution in [-0.4, -0.2) is 4.68 Å². The van der Waals surface area contributed by atoms with E-state index in [1.54, 1.807) is 0 Å². The molecular formula is C33H19N3O3+2. The number of ether oxygens (including phenoxy) is 2. The Morgan fingerprint density at radius 1 is 0.641 bits per heavy atom. The largest absolute Gasteiger partial charge is 0.456 e. The van der Waals surface area contributed by atoms with Crippen molar-refractivity contribution in [2.24, 2.45) is 0 Å². The third-order valence-corrected chi connectivity index (χ3v) is 8.34. The molecule has 3 aromatic heterocycles. The molecule has 6 nitrogen and oxygen atoms in total. The summed E-state index contributed by atoms with van der Waals surface area (Å²) in [6.45, 7) is 0. The average molecular weight is 506 g/mol. The van der Waals surface area contributed by atoms with Crippen LogP contribution in [-0.2, 0) is 5.66 Å². The van der Waals surface area contributed by atoms with Gasteiger partial charge in [0.25, 0.3) is 0 Å². The summed E-state index contributed by atoms with van der Waals surface area (Å²) >= 11 is 0. The van der Waals surface area contributed by atoms with Gasteiger partial charge >= 0.3 is 11.5 Å². The molecular weight excluding hydrogens is 486 g/mol. The number of hydrogen-bond acceptors (Lipinski definition) is 3. The fourth-order valence-corrected chi connectivity index (χ4v) is 6.80. The summed E-state index contributed by atoms with van der Waals surface area (Å²) in [5, 5.41) is 2.24. The highest BCUT2D eigenvalue weighted by molar-refractivity contribution is 6.06. The van der Waals surface area contributed by atoms with Crippen molar-refractivity contribution in [3.8, 4) is 39.9 Å². The van der Waals surface area contributed by atoms with E-state index in [0.29, 0.717) is 0 Å². The second-order valence-electron chi connectivity index (χ2n) is 10.3. The van der Waals surface area contributed by atoms with Gasteiger partial charge < -0.3 is 13.9 Å². The molecule has 0 aliphatic carbocycles. The smallest absolute Gasteiger partial charge is 0.452 e. The molecule has 1 atom stereocenters. The summed E-state index contributed by atoms with van der Waals surface area (Å²) in [7, 11) is 0. The van der Waals surface area contributed by atoms with Crippen molar-refractivity contribution in [1.29, 1.82) is 0 Å². The maximum Gasteiger partial charge on any atom is 0.452 e. The lowest BCUT2D eigenvalue weighted by molar-refractivity contribution is -0.997. The molecule has 1 spiro atoms. The average Bonchev–Trinajstić information content (AvgIpc) is 3.65. The molecule has 6 heterocycles. The molecule has 0 saturated heterocycles. The van der Waals surface area contributed by atoms with Crippen LogP contribution in [0.15, 0.2) is 120 Å². The molecule has 0 saturated carbocycles. The molecule has 0 bridgehead atoms. The van der Waals surface area contributed by atoms with Crippen LogP contribution in [0.2, 0.25) is 0 Å². The molecule has 0 fully saturated rings. The summed E-state index contributed by atoms with van der Waals surface area (Å²) in [6, 6.07) is 33.1. The molecule has 182 valence electrons. The van der Waals surface area contributed by atoms with Crippen LogP contribution < -0.4 is 18.7 Å². The quantitative estimate of drug-likeness (QED) is 0.241. The number of rotatable bonds is 1. The third-order valence-electron chi connectivity index (χ3n) is 8.34. The highest BCUT2D eigenvalue weighted by atomic mass is 16.5. The maximum atomic E-state index is 6.49.